The lowest BCUT2D eigenvalue weighted by Crippen LogP contribution is -2.41. The van der Waals surface area contributed by atoms with E-state index >= 15 is 0 Å². The zero-order valence-electron chi connectivity index (χ0n) is 12.5. The molecule has 0 saturated carbocycles. The van der Waals surface area contributed by atoms with Gasteiger partial charge in [0.25, 0.3) is 0 Å². The Labute approximate surface area is 138 Å². The molecule has 110 valence electrons. The van der Waals surface area contributed by atoms with Crippen molar-refractivity contribution in [2.45, 2.75) is 38.9 Å². The summed E-state index contributed by atoms with van der Waals surface area (Å²) in [4.78, 5) is 5.36. The van der Waals surface area contributed by atoms with Crippen LogP contribution in [-0.4, -0.2) is 23.3 Å². The van der Waals surface area contributed by atoms with E-state index in [0.29, 0.717) is 0 Å². The Hall–Kier alpha value is -0.685. The van der Waals surface area contributed by atoms with Gasteiger partial charge in [0.1, 0.15) is 4.60 Å². The molecule has 6 heteroatoms. The highest BCUT2D eigenvalue weighted by Crippen LogP contribution is 2.37. The number of aromatic nitrogens is 1. The summed E-state index contributed by atoms with van der Waals surface area (Å²) in [6.07, 6.45) is 0. The van der Waals surface area contributed by atoms with E-state index < -0.39 is 0 Å². The zero-order valence-corrected chi connectivity index (χ0v) is 14.9. The normalized spacial score (nSPS) is 20.0. The molecule has 0 N–H and O–H groups in total. The van der Waals surface area contributed by atoms with E-state index in [1.807, 2.05) is 17.6 Å². The Balaban J connectivity index is 1.94. The number of rotatable bonds is 2. The average molecular weight is 366 g/mol. The maximum Gasteiger partial charge on any atom is 0.494 e. The molecule has 0 radical (unpaired) electrons. The quantitative estimate of drug-likeness (QED) is 0.757. The van der Waals surface area contributed by atoms with Crippen molar-refractivity contribution in [3.8, 4) is 10.4 Å². The summed E-state index contributed by atoms with van der Waals surface area (Å²) in [5.74, 6) is 0. The Bertz CT molecular complexity index is 655. The predicted octanol–water partition coefficient (Wildman–Crippen LogP) is 3.87. The molecular weight excluding hydrogens is 349 g/mol. The number of nitrogens with zero attached hydrogens (tertiary/aromatic N) is 1. The molecule has 3 nitrogen and oxygen atoms in total. The minimum atomic E-state index is -0.332. The van der Waals surface area contributed by atoms with Crippen molar-refractivity contribution in [3.05, 3.63) is 34.4 Å². The van der Waals surface area contributed by atoms with Crippen LogP contribution in [0.4, 0.5) is 0 Å². The fourth-order valence-electron chi connectivity index (χ4n) is 2.23. The number of hydrogen-bond donors (Lipinski definition) is 0. The summed E-state index contributed by atoms with van der Waals surface area (Å²) in [5.41, 5.74) is 3.35. The fourth-order valence-corrected chi connectivity index (χ4v) is 3.65. The predicted molar refractivity (Wildman–Crippen MR) is 91.0 cm³/mol. The van der Waals surface area contributed by atoms with Gasteiger partial charge in [-0.05, 0) is 54.7 Å². The van der Waals surface area contributed by atoms with E-state index in [1.54, 1.807) is 11.3 Å². The third-order valence-electron chi connectivity index (χ3n) is 4.20. The van der Waals surface area contributed by atoms with Crippen LogP contribution in [0.25, 0.3) is 10.4 Å². The van der Waals surface area contributed by atoms with Crippen LogP contribution < -0.4 is 5.46 Å². The Morgan fingerprint density at radius 2 is 1.81 bits per heavy atom. The van der Waals surface area contributed by atoms with Crippen LogP contribution in [0.15, 0.2) is 34.4 Å². The zero-order chi connectivity index (χ0) is 15.3. The number of benzene rings is 1. The highest BCUT2D eigenvalue weighted by molar-refractivity contribution is 9.10. The molecule has 0 bridgehead atoms. The standard InChI is InChI=1S/C15H17BBrNO2S/c1-14(2)15(3,4)20-16(19-14)11-7-5-6-10(8-11)12-13(17)18-9-21-12/h5-9H,1-4H3. The highest BCUT2D eigenvalue weighted by atomic mass is 79.9. The van der Waals surface area contributed by atoms with E-state index in [0.717, 1.165) is 20.5 Å². The van der Waals surface area contributed by atoms with Crippen molar-refractivity contribution in [1.82, 2.24) is 4.98 Å². The van der Waals surface area contributed by atoms with Crippen molar-refractivity contribution in [2.75, 3.05) is 0 Å². The van der Waals surface area contributed by atoms with Crippen molar-refractivity contribution in [1.29, 1.82) is 0 Å². The molecule has 21 heavy (non-hydrogen) atoms. The van der Waals surface area contributed by atoms with Gasteiger partial charge in [-0.2, -0.15) is 0 Å². The molecule has 1 aliphatic rings. The maximum absolute atomic E-state index is 6.11. The molecule has 1 saturated heterocycles. The third-order valence-corrected chi connectivity index (χ3v) is 5.94. The molecule has 0 spiro atoms. The molecule has 0 atom stereocenters. The van der Waals surface area contributed by atoms with Gasteiger partial charge in [0, 0.05) is 0 Å². The second-order valence-corrected chi connectivity index (χ2v) is 7.79. The summed E-state index contributed by atoms with van der Waals surface area (Å²) >= 11 is 5.10. The molecule has 1 fully saturated rings. The van der Waals surface area contributed by atoms with Gasteiger partial charge in [0.15, 0.2) is 0 Å². The molecule has 1 aliphatic heterocycles. The van der Waals surface area contributed by atoms with Crippen LogP contribution in [0.5, 0.6) is 0 Å². The van der Waals surface area contributed by atoms with Gasteiger partial charge in [0.2, 0.25) is 0 Å². The summed E-state index contributed by atoms with van der Waals surface area (Å²) in [6, 6.07) is 8.26. The van der Waals surface area contributed by atoms with E-state index in [2.05, 4.69) is 60.7 Å². The SMILES string of the molecule is CC1(C)OB(c2cccc(-c3scnc3Br)c2)OC1(C)C. The maximum atomic E-state index is 6.11. The molecular formula is C15H17BBrNO2S. The van der Waals surface area contributed by atoms with E-state index in [4.69, 9.17) is 9.31 Å². The fraction of sp³-hybridized carbons (Fsp3) is 0.400. The first-order valence-corrected chi connectivity index (χ1v) is 8.52. The number of halogens is 1. The van der Waals surface area contributed by atoms with Crippen LogP contribution in [0.2, 0.25) is 0 Å². The lowest BCUT2D eigenvalue weighted by atomic mass is 9.78. The summed E-state index contributed by atoms with van der Waals surface area (Å²) < 4.78 is 13.1. The molecule has 0 amide bonds. The minimum Gasteiger partial charge on any atom is -0.399 e. The minimum absolute atomic E-state index is 0.321. The first-order chi connectivity index (χ1) is 9.80. The first kappa shape index (κ1) is 15.2. The van der Waals surface area contributed by atoms with Gasteiger partial charge in [-0.1, -0.05) is 24.3 Å². The molecule has 0 aliphatic carbocycles. The second-order valence-electron chi connectivity index (χ2n) is 6.19. The van der Waals surface area contributed by atoms with Gasteiger partial charge < -0.3 is 9.31 Å². The lowest BCUT2D eigenvalue weighted by molar-refractivity contribution is 0.00578. The van der Waals surface area contributed by atoms with Gasteiger partial charge >= 0.3 is 7.12 Å². The smallest absolute Gasteiger partial charge is 0.399 e. The largest absolute Gasteiger partial charge is 0.494 e. The van der Waals surface area contributed by atoms with E-state index in [-0.39, 0.29) is 18.3 Å². The van der Waals surface area contributed by atoms with Gasteiger partial charge in [-0.25, -0.2) is 4.98 Å². The number of hydrogen-bond acceptors (Lipinski definition) is 4. The van der Waals surface area contributed by atoms with Crippen molar-refractivity contribution in [3.63, 3.8) is 0 Å². The van der Waals surface area contributed by atoms with Crippen LogP contribution in [0, 0.1) is 0 Å². The van der Waals surface area contributed by atoms with Crippen molar-refractivity contribution < 1.29 is 9.31 Å². The van der Waals surface area contributed by atoms with Crippen molar-refractivity contribution in [2.24, 2.45) is 0 Å². The van der Waals surface area contributed by atoms with Crippen LogP contribution >= 0.6 is 27.3 Å². The first-order valence-electron chi connectivity index (χ1n) is 6.85. The molecule has 1 aromatic heterocycles. The summed E-state index contributed by atoms with van der Waals surface area (Å²) in [7, 11) is -0.332. The molecule has 2 aromatic rings. The van der Waals surface area contributed by atoms with Crippen LogP contribution in [0.1, 0.15) is 27.7 Å². The van der Waals surface area contributed by atoms with Gasteiger partial charge in [0.05, 0.1) is 21.6 Å². The van der Waals surface area contributed by atoms with Crippen LogP contribution in [0.3, 0.4) is 0 Å². The molecule has 1 aromatic carbocycles. The number of thiazole rings is 1. The molecule has 2 heterocycles. The Morgan fingerprint density at radius 3 is 2.38 bits per heavy atom. The van der Waals surface area contributed by atoms with Crippen LogP contribution in [-0.2, 0) is 9.31 Å². The second kappa shape index (κ2) is 5.20. The van der Waals surface area contributed by atoms with Gasteiger partial charge in [-0.15, -0.1) is 11.3 Å². The highest BCUT2D eigenvalue weighted by Gasteiger charge is 2.51. The monoisotopic (exact) mass is 365 g/mol. The summed E-state index contributed by atoms with van der Waals surface area (Å²) in [6.45, 7) is 8.26. The van der Waals surface area contributed by atoms with Gasteiger partial charge in [-0.3, -0.25) is 0 Å². The molecule has 3 rings (SSSR count). The lowest BCUT2D eigenvalue weighted by Gasteiger charge is -2.32. The van der Waals surface area contributed by atoms with Crippen molar-refractivity contribution >= 4 is 39.8 Å². The van der Waals surface area contributed by atoms with E-state index in [9.17, 15) is 0 Å². The Morgan fingerprint density at radius 1 is 1.14 bits per heavy atom. The Kier molecular flexibility index (Phi) is 3.77. The van der Waals surface area contributed by atoms with E-state index in [1.165, 1.54) is 0 Å². The topological polar surface area (TPSA) is 31.4 Å². The summed E-state index contributed by atoms with van der Waals surface area (Å²) in [5, 5.41) is 0. The molecule has 0 unspecified atom stereocenters. The average Bonchev–Trinajstić information content (AvgIpc) is 2.92. The third kappa shape index (κ3) is 2.70.